The second-order valence-corrected chi connectivity index (χ2v) is 6.81. The van der Waals surface area contributed by atoms with Crippen LogP contribution in [-0.4, -0.2) is 14.5 Å². The van der Waals surface area contributed by atoms with E-state index in [9.17, 15) is 0 Å². The van der Waals surface area contributed by atoms with Crippen molar-refractivity contribution in [1.82, 2.24) is 14.5 Å². The largest absolute Gasteiger partial charge is 0.278 e. The second-order valence-electron chi connectivity index (χ2n) is 6.81. The summed E-state index contributed by atoms with van der Waals surface area (Å²) in [5.41, 5.74) is 5.57. The number of rotatable bonds is 4. The Morgan fingerprint density at radius 1 is 0.690 bits per heavy atom. The number of benzene rings is 3. The van der Waals surface area contributed by atoms with Gasteiger partial charge in [0.1, 0.15) is 0 Å². The first-order valence-electron chi connectivity index (χ1n) is 9.60. The Balaban J connectivity index is 1.82. The van der Waals surface area contributed by atoms with Gasteiger partial charge in [-0.15, -0.1) is 0 Å². The fourth-order valence-corrected chi connectivity index (χ4v) is 3.61. The van der Waals surface area contributed by atoms with E-state index in [2.05, 4.69) is 99.5 Å². The number of hydrogen-bond acceptors (Lipinski definition) is 2. The molecule has 5 rings (SSSR count). The fraction of sp³-hybridized carbons (Fsp3) is 0. The molecule has 0 radical (unpaired) electrons. The molecule has 0 saturated heterocycles. The average Bonchev–Trinajstić information content (AvgIpc) is 3.18. The van der Waals surface area contributed by atoms with Gasteiger partial charge in [-0.05, 0) is 35.4 Å². The van der Waals surface area contributed by atoms with Gasteiger partial charge >= 0.3 is 0 Å². The quantitative estimate of drug-likeness (QED) is 0.361. The summed E-state index contributed by atoms with van der Waals surface area (Å²) in [5.74, 6) is 0.665. The van der Waals surface area contributed by atoms with Crippen LogP contribution in [-0.2, 0) is 0 Å². The van der Waals surface area contributed by atoms with Gasteiger partial charge in [-0.1, -0.05) is 78.9 Å². The second kappa shape index (κ2) is 7.56. The maximum atomic E-state index is 4.54. The van der Waals surface area contributed by atoms with Crippen LogP contribution >= 0.6 is 0 Å². The van der Waals surface area contributed by atoms with E-state index in [1.165, 1.54) is 0 Å². The zero-order valence-electron chi connectivity index (χ0n) is 15.8. The summed E-state index contributed by atoms with van der Waals surface area (Å²) in [6, 6.07) is 33.3. The Kier molecular flexibility index (Phi) is 4.47. The van der Waals surface area contributed by atoms with Crippen LogP contribution in [0.4, 0.5) is 0 Å². The molecule has 0 aliphatic rings. The molecular weight excluding hydrogens is 354 g/mol. The van der Waals surface area contributed by atoms with E-state index in [-0.39, 0.29) is 0 Å². The van der Waals surface area contributed by atoms with Crippen molar-refractivity contribution in [2.75, 3.05) is 0 Å². The normalized spacial score (nSPS) is 11.7. The van der Waals surface area contributed by atoms with Crippen LogP contribution in [0.1, 0.15) is 16.8 Å². The van der Waals surface area contributed by atoms with E-state index >= 15 is 0 Å². The van der Waals surface area contributed by atoms with Gasteiger partial charge in [-0.25, -0.2) is 9.97 Å². The molecule has 138 valence electrons. The van der Waals surface area contributed by atoms with Crippen molar-refractivity contribution in [3.05, 3.63) is 126 Å². The van der Waals surface area contributed by atoms with Gasteiger partial charge in [-0.3, -0.25) is 4.57 Å². The monoisotopic (exact) mass is 373 g/mol. The van der Waals surface area contributed by atoms with Crippen LogP contribution in [0.3, 0.4) is 0 Å². The first kappa shape index (κ1) is 17.1. The van der Waals surface area contributed by atoms with Crippen molar-refractivity contribution in [3.8, 4) is 5.95 Å². The summed E-state index contributed by atoms with van der Waals surface area (Å²) in [6.07, 6.45) is 5.79. The molecule has 0 bridgehead atoms. The highest BCUT2D eigenvalue weighted by Gasteiger charge is 2.17. The van der Waals surface area contributed by atoms with Gasteiger partial charge in [0.15, 0.2) is 0 Å². The van der Waals surface area contributed by atoms with Gasteiger partial charge in [0.2, 0.25) is 5.95 Å². The lowest BCUT2D eigenvalue weighted by molar-refractivity contribution is 0.949. The molecular formula is C26H19N3. The van der Waals surface area contributed by atoms with Crippen LogP contribution in [0, 0.1) is 0 Å². The lowest BCUT2D eigenvalue weighted by Gasteiger charge is -2.13. The van der Waals surface area contributed by atoms with Crippen molar-refractivity contribution in [2.45, 2.75) is 0 Å². The third-order valence-corrected chi connectivity index (χ3v) is 4.93. The summed E-state index contributed by atoms with van der Waals surface area (Å²) in [6.45, 7) is 0. The molecule has 3 heteroatoms. The molecule has 29 heavy (non-hydrogen) atoms. The number of para-hydroxylation sites is 1. The Morgan fingerprint density at radius 3 is 2.10 bits per heavy atom. The van der Waals surface area contributed by atoms with Gasteiger partial charge in [0.05, 0.1) is 11.2 Å². The van der Waals surface area contributed by atoms with E-state index in [0.29, 0.717) is 5.95 Å². The van der Waals surface area contributed by atoms with Crippen LogP contribution in [0.25, 0.3) is 28.5 Å². The molecule has 0 N–H and O–H groups in total. The SMILES string of the molecule is C(=C(/c1ccccc1)c1cc2ccccc2n1-c1ncccn1)/c1ccccc1. The number of hydrogen-bond donors (Lipinski definition) is 0. The average molecular weight is 373 g/mol. The minimum absolute atomic E-state index is 0.665. The molecule has 3 nitrogen and oxygen atoms in total. The first-order chi connectivity index (χ1) is 14.4. The minimum atomic E-state index is 0.665. The third kappa shape index (κ3) is 3.34. The molecule has 0 aliphatic heterocycles. The fourth-order valence-electron chi connectivity index (χ4n) is 3.61. The Morgan fingerprint density at radius 2 is 1.34 bits per heavy atom. The molecule has 0 amide bonds. The number of nitrogens with zero attached hydrogens (tertiary/aromatic N) is 3. The standard InChI is InChI=1S/C26H19N3/c1-3-10-20(11-4-1)18-23(21-12-5-2-6-13-21)25-19-22-14-7-8-15-24(22)29(25)26-27-16-9-17-28-26/h1-19H/b23-18+. The van der Waals surface area contributed by atoms with Crippen molar-refractivity contribution < 1.29 is 0 Å². The molecule has 0 spiro atoms. The van der Waals surface area contributed by atoms with Crippen LogP contribution < -0.4 is 0 Å². The topological polar surface area (TPSA) is 30.7 Å². The molecule has 0 saturated carbocycles. The molecule has 2 heterocycles. The molecule has 0 fully saturated rings. The predicted molar refractivity (Wildman–Crippen MR) is 119 cm³/mol. The maximum Gasteiger partial charge on any atom is 0.234 e. The van der Waals surface area contributed by atoms with Crippen molar-refractivity contribution in [1.29, 1.82) is 0 Å². The molecule has 3 aromatic carbocycles. The lowest BCUT2D eigenvalue weighted by Crippen LogP contribution is -2.04. The summed E-state index contributed by atoms with van der Waals surface area (Å²) in [4.78, 5) is 9.08. The Labute approximate surface area is 169 Å². The number of aromatic nitrogens is 3. The van der Waals surface area contributed by atoms with Gasteiger partial charge in [0, 0.05) is 23.4 Å². The summed E-state index contributed by atoms with van der Waals surface area (Å²) >= 11 is 0. The Hall–Kier alpha value is -3.98. The Bertz CT molecular complexity index is 1270. The van der Waals surface area contributed by atoms with E-state index in [1.54, 1.807) is 12.4 Å². The summed E-state index contributed by atoms with van der Waals surface area (Å²) in [7, 11) is 0. The minimum Gasteiger partial charge on any atom is -0.278 e. The zero-order chi connectivity index (χ0) is 19.5. The van der Waals surface area contributed by atoms with Crippen LogP contribution in [0.5, 0.6) is 0 Å². The molecule has 2 aromatic heterocycles. The first-order valence-corrected chi connectivity index (χ1v) is 9.60. The van der Waals surface area contributed by atoms with Crippen molar-refractivity contribution in [2.24, 2.45) is 0 Å². The van der Waals surface area contributed by atoms with Crippen molar-refractivity contribution >= 4 is 22.6 Å². The van der Waals surface area contributed by atoms with Gasteiger partial charge in [0.25, 0.3) is 0 Å². The maximum absolute atomic E-state index is 4.54. The highest BCUT2D eigenvalue weighted by molar-refractivity contribution is 5.96. The molecule has 0 aliphatic carbocycles. The van der Waals surface area contributed by atoms with E-state index in [4.69, 9.17) is 0 Å². The smallest absolute Gasteiger partial charge is 0.234 e. The van der Waals surface area contributed by atoms with Gasteiger partial charge in [-0.2, -0.15) is 0 Å². The highest BCUT2D eigenvalue weighted by atomic mass is 15.2. The van der Waals surface area contributed by atoms with Gasteiger partial charge < -0.3 is 0 Å². The molecule has 0 atom stereocenters. The predicted octanol–water partition coefficient (Wildman–Crippen LogP) is 6.01. The molecule has 5 aromatic rings. The summed E-state index contributed by atoms with van der Waals surface area (Å²) in [5, 5.41) is 1.16. The lowest BCUT2D eigenvalue weighted by atomic mass is 9.99. The number of fused-ring (bicyclic) bond motifs is 1. The van der Waals surface area contributed by atoms with E-state index < -0.39 is 0 Å². The van der Waals surface area contributed by atoms with Crippen molar-refractivity contribution in [3.63, 3.8) is 0 Å². The van der Waals surface area contributed by atoms with Crippen LogP contribution in [0.15, 0.2) is 109 Å². The van der Waals surface area contributed by atoms with E-state index in [0.717, 1.165) is 33.3 Å². The highest BCUT2D eigenvalue weighted by Crippen LogP contribution is 2.32. The molecule has 0 unspecified atom stereocenters. The zero-order valence-corrected chi connectivity index (χ0v) is 15.8. The summed E-state index contributed by atoms with van der Waals surface area (Å²) < 4.78 is 2.14. The van der Waals surface area contributed by atoms with Crippen LogP contribution in [0.2, 0.25) is 0 Å². The third-order valence-electron chi connectivity index (χ3n) is 4.93. The van der Waals surface area contributed by atoms with E-state index in [1.807, 2.05) is 18.2 Å².